The second-order valence-electron chi connectivity index (χ2n) is 3.59. The van der Waals surface area contributed by atoms with Crippen molar-refractivity contribution in [3.63, 3.8) is 0 Å². The van der Waals surface area contributed by atoms with E-state index in [9.17, 15) is 8.78 Å². The van der Waals surface area contributed by atoms with Crippen LogP contribution >= 0.6 is 0 Å². The summed E-state index contributed by atoms with van der Waals surface area (Å²) in [5.41, 5.74) is 0. The molecule has 0 radical (unpaired) electrons. The van der Waals surface area contributed by atoms with Crippen LogP contribution in [0.3, 0.4) is 0 Å². The van der Waals surface area contributed by atoms with Gasteiger partial charge in [-0.1, -0.05) is 0 Å². The van der Waals surface area contributed by atoms with E-state index in [2.05, 4.69) is 0 Å². The van der Waals surface area contributed by atoms with E-state index in [0.717, 1.165) is 18.2 Å². The molecule has 0 heterocycles. The molecule has 0 amide bonds. The lowest BCUT2D eigenvalue weighted by molar-refractivity contribution is 0.112. The third-order valence-electron chi connectivity index (χ3n) is 1.89. The van der Waals surface area contributed by atoms with E-state index in [0.29, 0.717) is 6.42 Å². The number of hydrogen-bond acceptors (Lipinski definition) is 2. The molecule has 0 saturated heterocycles. The lowest BCUT2D eigenvalue weighted by Gasteiger charge is -2.16. The van der Waals surface area contributed by atoms with Crippen LogP contribution in [0, 0.1) is 11.6 Å². The Balaban J connectivity index is 2.67. The molecule has 1 aromatic carbocycles. The maximum Gasteiger partial charge on any atom is 0.165 e. The Morgan fingerprint density at radius 1 is 1.33 bits per heavy atom. The van der Waals surface area contributed by atoms with Crippen LogP contribution in [-0.4, -0.2) is 17.3 Å². The quantitative estimate of drug-likeness (QED) is 0.837. The lowest BCUT2D eigenvalue weighted by Crippen LogP contribution is -2.18. The predicted octanol–water partition coefficient (Wildman–Crippen LogP) is 2.50. The molecule has 2 nitrogen and oxygen atoms in total. The minimum absolute atomic E-state index is 0.122. The Morgan fingerprint density at radius 2 is 2.00 bits per heavy atom. The van der Waals surface area contributed by atoms with E-state index in [1.807, 2.05) is 0 Å². The normalized spacial score (nSPS) is 14.7. The van der Waals surface area contributed by atoms with E-state index < -0.39 is 17.7 Å². The molecule has 15 heavy (non-hydrogen) atoms. The number of aliphatic hydroxyl groups excluding tert-OH is 1. The van der Waals surface area contributed by atoms with Crippen molar-refractivity contribution in [1.82, 2.24) is 0 Å². The van der Waals surface area contributed by atoms with Crippen LogP contribution < -0.4 is 4.74 Å². The Bertz CT molecular complexity index is 326. The molecule has 0 bridgehead atoms. The first-order chi connectivity index (χ1) is 6.99. The molecule has 4 heteroatoms. The van der Waals surface area contributed by atoms with Gasteiger partial charge < -0.3 is 9.84 Å². The third-order valence-corrected chi connectivity index (χ3v) is 1.89. The van der Waals surface area contributed by atoms with Gasteiger partial charge in [-0.15, -0.1) is 0 Å². The smallest absolute Gasteiger partial charge is 0.165 e. The average Bonchev–Trinajstić information content (AvgIpc) is 2.10. The summed E-state index contributed by atoms with van der Waals surface area (Å²) in [5.74, 6) is -1.27. The Morgan fingerprint density at radius 3 is 2.60 bits per heavy atom. The molecule has 84 valence electrons. The summed E-state index contributed by atoms with van der Waals surface area (Å²) in [7, 11) is 0. The molecule has 0 aromatic heterocycles. The molecule has 1 N–H and O–H groups in total. The monoisotopic (exact) mass is 216 g/mol. The average molecular weight is 216 g/mol. The summed E-state index contributed by atoms with van der Waals surface area (Å²) >= 11 is 0. The molecule has 2 unspecified atom stereocenters. The summed E-state index contributed by atoms with van der Waals surface area (Å²) in [5, 5.41) is 9.08. The van der Waals surface area contributed by atoms with Gasteiger partial charge in [-0.25, -0.2) is 8.78 Å². The van der Waals surface area contributed by atoms with Gasteiger partial charge in [0.05, 0.1) is 12.2 Å². The van der Waals surface area contributed by atoms with Crippen LogP contribution in [0.2, 0.25) is 0 Å². The van der Waals surface area contributed by atoms with Gasteiger partial charge in [-0.3, -0.25) is 0 Å². The number of aliphatic hydroxyl groups is 1. The first kappa shape index (κ1) is 11.9. The number of ether oxygens (including phenoxy) is 1. The molecule has 0 aliphatic heterocycles. The third kappa shape index (κ3) is 3.83. The minimum Gasteiger partial charge on any atom is -0.487 e. The highest BCUT2D eigenvalue weighted by Crippen LogP contribution is 2.20. The zero-order valence-electron chi connectivity index (χ0n) is 8.71. The van der Waals surface area contributed by atoms with Crippen LogP contribution in [0.15, 0.2) is 18.2 Å². The highest BCUT2D eigenvalue weighted by molar-refractivity contribution is 5.25. The molecule has 1 aromatic rings. The number of halogens is 2. The van der Waals surface area contributed by atoms with Gasteiger partial charge in [0.2, 0.25) is 0 Å². The molecule has 1 rings (SSSR count). The highest BCUT2D eigenvalue weighted by atomic mass is 19.1. The topological polar surface area (TPSA) is 29.5 Å². The molecule has 0 aliphatic carbocycles. The van der Waals surface area contributed by atoms with Crippen LogP contribution in [-0.2, 0) is 0 Å². The van der Waals surface area contributed by atoms with Crippen molar-refractivity contribution >= 4 is 0 Å². The second-order valence-corrected chi connectivity index (χ2v) is 3.59. The van der Waals surface area contributed by atoms with Gasteiger partial charge in [0, 0.05) is 12.5 Å². The molecule has 0 fully saturated rings. The highest BCUT2D eigenvalue weighted by Gasteiger charge is 2.11. The summed E-state index contributed by atoms with van der Waals surface area (Å²) < 4.78 is 31.0. The standard InChI is InChI=1S/C11H14F2O2/c1-7(14)5-8(2)15-11-6-9(12)3-4-10(11)13/h3-4,6-8,14H,5H2,1-2H3. The van der Waals surface area contributed by atoms with Gasteiger partial charge in [-0.2, -0.15) is 0 Å². The summed E-state index contributed by atoms with van der Waals surface area (Å²) in [6, 6.07) is 3.04. The molecule has 0 aliphatic rings. The van der Waals surface area contributed by atoms with Crippen LogP contribution in [0.1, 0.15) is 20.3 Å². The molecule has 0 spiro atoms. The maximum atomic E-state index is 13.1. The van der Waals surface area contributed by atoms with E-state index >= 15 is 0 Å². The largest absolute Gasteiger partial charge is 0.487 e. The van der Waals surface area contributed by atoms with Crippen molar-refractivity contribution in [3.8, 4) is 5.75 Å². The number of benzene rings is 1. The maximum absolute atomic E-state index is 13.1. The van der Waals surface area contributed by atoms with E-state index in [1.54, 1.807) is 13.8 Å². The minimum atomic E-state index is -0.603. The fraction of sp³-hybridized carbons (Fsp3) is 0.455. The van der Waals surface area contributed by atoms with Gasteiger partial charge in [-0.05, 0) is 26.0 Å². The zero-order valence-corrected chi connectivity index (χ0v) is 8.71. The van der Waals surface area contributed by atoms with E-state index in [1.165, 1.54) is 0 Å². The van der Waals surface area contributed by atoms with Crippen molar-refractivity contribution in [3.05, 3.63) is 29.8 Å². The van der Waals surface area contributed by atoms with Gasteiger partial charge in [0.25, 0.3) is 0 Å². The van der Waals surface area contributed by atoms with Crippen molar-refractivity contribution in [2.45, 2.75) is 32.5 Å². The van der Waals surface area contributed by atoms with Crippen molar-refractivity contribution in [2.75, 3.05) is 0 Å². The van der Waals surface area contributed by atoms with Crippen molar-refractivity contribution in [1.29, 1.82) is 0 Å². The summed E-state index contributed by atoms with van der Waals surface area (Å²) in [6.07, 6.45) is -0.520. The summed E-state index contributed by atoms with van der Waals surface area (Å²) in [6.45, 7) is 3.30. The van der Waals surface area contributed by atoms with E-state index in [4.69, 9.17) is 9.84 Å². The Labute approximate surface area is 87.5 Å². The fourth-order valence-electron chi connectivity index (χ4n) is 1.31. The van der Waals surface area contributed by atoms with Crippen LogP contribution in [0.25, 0.3) is 0 Å². The fourth-order valence-corrected chi connectivity index (χ4v) is 1.31. The zero-order chi connectivity index (χ0) is 11.4. The summed E-state index contributed by atoms with van der Waals surface area (Å²) in [4.78, 5) is 0. The second kappa shape index (κ2) is 5.07. The number of rotatable bonds is 4. The SMILES string of the molecule is CC(O)CC(C)Oc1cc(F)ccc1F. The van der Waals surface area contributed by atoms with Gasteiger partial charge in [0.15, 0.2) is 11.6 Å². The lowest BCUT2D eigenvalue weighted by atomic mass is 10.2. The predicted molar refractivity (Wildman–Crippen MR) is 52.7 cm³/mol. The Kier molecular flexibility index (Phi) is 4.03. The molecule has 2 atom stereocenters. The van der Waals surface area contributed by atoms with Crippen LogP contribution in [0.4, 0.5) is 8.78 Å². The molecular weight excluding hydrogens is 202 g/mol. The van der Waals surface area contributed by atoms with E-state index in [-0.39, 0.29) is 11.9 Å². The Hall–Kier alpha value is -1.16. The molecular formula is C11H14F2O2. The van der Waals surface area contributed by atoms with Crippen molar-refractivity contribution in [2.24, 2.45) is 0 Å². The van der Waals surface area contributed by atoms with Gasteiger partial charge >= 0.3 is 0 Å². The molecule has 0 saturated carbocycles. The van der Waals surface area contributed by atoms with Crippen molar-refractivity contribution < 1.29 is 18.6 Å². The first-order valence-electron chi connectivity index (χ1n) is 4.79. The first-order valence-corrected chi connectivity index (χ1v) is 4.79. The van der Waals surface area contributed by atoms with Gasteiger partial charge in [0.1, 0.15) is 5.82 Å². The van der Waals surface area contributed by atoms with Crippen LogP contribution in [0.5, 0.6) is 5.75 Å². The number of hydrogen-bond donors (Lipinski definition) is 1.